The number of fused-ring (bicyclic) bond motifs is 1. The van der Waals surface area contributed by atoms with E-state index in [0.29, 0.717) is 11.2 Å². The third-order valence-corrected chi connectivity index (χ3v) is 3.70. The number of carbonyl (C=O) groups excluding carboxylic acids is 1. The summed E-state index contributed by atoms with van der Waals surface area (Å²) in [6.45, 7) is 4.31. The SMILES string of the molecule is CCCCCC(CC)c1nn2cccnc2c1C(N)=O. The fourth-order valence-electron chi connectivity index (χ4n) is 2.60. The van der Waals surface area contributed by atoms with Gasteiger partial charge in [0.15, 0.2) is 5.65 Å². The summed E-state index contributed by atoms with van der Waals surface area (Å²) >= 11 is 0. The van der Waals surface area contributed by atoms with Crippen molar-refractivity contribution >= 4 is 11.6 Å². The number of aromatic nitrogens is 3. The molecule has 5 heteroatoms. The molecule has 0 spiro atoms. The van der Waals surface area contributed by atoms with Gasteiger partial charge in [-0.25, -0.2) is 9.50 Å². The van der Waals surface area contributed by atoms with E-state index in [0.717, 1.165) is 25.0 Å². The van der Waals surface area contributed by atoms with Crippen molar-refractivity contribution in [3.05, 3.63) is 29.7 Å². The molecule has 2 heterocycles. The monoisotopic (exact) mass is 274 g/mol. The fourth-order valence-corrected chi connectivity index (χ4v) is 2.60. The number of unbranched alkanes of at least 4 members (excludes halogenated alkanes) is 2. The van der Waals surface area contributed by atoms with Gasteiger partial charge in [-0.1, -0.05) is 33.1 Å². The van der Waals surface area contributed by atoms with E-state index in [1.807, 2.05) is 0 Å². The average molecular weight is 274 g/mol. The molecule has 0 saturated carbocycles. The second-order valence-electron chi connectivity index (χ2n) is 5.11. The zero-order chi connectivity index (χ0) is 14.5. The molecule has 0 bridgehead atoms. The van der Waals surface area contributed by atoms with Crippen LogP contribution in [0.5, 0.6) is 0 Å². The molecule has 0 radical (unpaired) electrons. The maximum Gasteiger partial charge on any atom is 0.254 e. The van der Waals surface area contributed by atoms with Gasteiger partial charge in [0.05, 0.1) is 5.69 Å². The highest BCUT2D eigenvalue weighted by Gasteiger charge is 2.24. The number of rotatable bonds is 7. The van der Waals surface area contributed by atoms with Crippen molar-refractivity contribution in [1.29, 1.82) is 0 Å². The Hall–Kier alpha value is -1.91. The van der Waals surface area contributed by atoms with Crippen LogP contribution in [0.15, 0.2) is 18.5 Å². The van der Waals surface area contributed by atoms with E-state index in [4.69, 9.17) is 5.73 Å². The topological polar surface area (TPSA) is 73.3 Å². The Bertz CT molecular complexity index is 591. The molecule has 0 aliphatic rings. The van der Waals surface area contributed by atoms with Crippen LogP contribution in [0.2, 0.25) is 0 Å². The van der Waals surface area contributed by atoms with Gasteiger partial charge in [0, 0.05) is 18.3 Å². The summed E-state index contributed by atoms with van der Waals surface area (Å²) in [6.07, 6.45) is 8.99. The first-order valence-electron chi connectivity index (χ1n) is 7.32. The minimum Gasteiger partial charge on any atom is -0.365 e. The molecule has 1 amide bonds. The molecular formula is C15H22N4O. The van der Waals surface area contributed by atoms with Gasteiger partial charge in [-0.05, 0) is 18.9 Å². The molecule has 0 saturated heterocycles. The van der Waals surface area contributed by atoms with Gasteiger partial charge in [-0.2, -0.15) is 5.10 Å². The zero-order valence-corrected chi connectivity index (χ0v) is 12.2. The van der Waals surface area contributed by atoms with Gasteiger partial charge >= 0.3 is 0 Å². The molecule has 0 aromatic carbocycles. The van der Waals surface area contributed by atoms with Gasteiger partial charge in [-0.3, -0.25) is 4.79 Å². The van der Waals surface area contributed by atoms with Crippen molar-refractivity contribution in [3.8, 4) is 0 Å². The van der Waals surface area contributed by atoms with Crippen molar-refractivity contribution in [2.75, 3.05) is 0 Å². The van der Waals surface area contributed by atoms with E-state index >= 15 is 0 Å². The first kappa shape index (κ1) is 14.5. The third-order valence-electron chi connectivity index (χ3n) is 3.70. The first-order chi connectivity index (χ1) is 9.69. The molecule has 2 N–H and O–H groups in total. The predicted molar refractivity (Wildman–Crippen MR) is 78.7 cm³/mol. The number of hydrogen-bond acceptors (Lipinski definition) is 3. The highest BCUT2D eigenvalue weighted by molar-refractivity contribution is 6.00. The standard InChI is InChI=1S/C15H22N4O/c1-3-5-6-8-11(4-2)13-12(14(16)20)15-17-9-7-10-19(15)18-13/h7,9-11H,3-6,8H2,1-2H3,(H2,16,20). The van der Waals surface area contributed by atoms with E-state index in [1.165, 1.54) is 12.8 Å². The molecule has 5 nitrogen and oxygen atoms in total. The minimum absolute atomic E-state index is 0.269. The molecule has 2 aromatic rings. The Morgan fingerprint density at radius 2 is 2.20 bits per heavy atom. The van der Waals surface area contributed by atoms with E-state index in [-0.39, 0.29) is 5.92 Å². The molecular weight excluding hydrogens is 252 g/mol. The zero-order valence-electron chi connectivity index (χ0n) is 12.2. The van der Waals surface area contributed by atoms with E-state index in [2.05, 4.69) is 23.9 Å². The quantitative estimate of drug-likeness (QED) is 0.789. The smallest absolute Gasteiger partial charge is 0.254 e. The average Bonchev–Trinajstić information content (AvgIpc) is 2.82. The van der Waals surface area contributed by atoms with Gasteiger partial charge in [0.2, 0.25) is 0 Å². The normalized spacial score (nSPS) is 12.7. The number of nitrogens with zero attached hydrogens (tertiary/aromatic N) is 3. The fraction of sp³-hybridized carbons (Fsp3) is 0.533. The predicted octanol–water partition coefficient (Wildman–Crippen LogP) is 2.90. The first-order valence-corrected chi connectivity index (χ1v) is 7.32. The largest absolute Gasteiger partial charge is 0.365 e. The summed E-state index contributed by atoms with van der Waals surface area (Å²) in [5, 5.41) is 4.54. The lowest BCUT2D eigenvalue weighted by Gasteiger charge is -2.12. The highest BCUT2D eigenvalue weighted by atomic mass is 16.1. The Morgan fingerprint density at radius 3 is 2.85 bits per heavy atom. The van der Waals surface area contributed by atoms with Crippen molar-refractivity contribution in [3.63, 3.8) is 0 Å². The van der Waals surface area contributed by atoms with Crippen molar-refractivity contribution in [2.45, 2.75) is 51.9 Å². The van der Waals surface area contributed by atoms with E-state index in [9.17, 15) is 4.79 Å². The minimum atomic E-state index is -0.442. The molecule has 2 rings (SSSR count). The van der Waals surface area contributed by atoms with Crippen LogP contribution in [0.1, 0.15) is 67.9 Å². The van der Waals surface area contributed by atoms with Crippen LogP contribution in [-0.2, 0) is 0 Å². The number of primary amides is 1. The molecule has 1 unspecified atom stereocenters. The number of hydrogen-bond donors (Lipinski definition) is 1. The molecule has 0 aliphatic carbocycles. The summed E-state index contributed by atoms with van der Waals surface area (Å²) in [7, 11) is 0. The van der Waals surface area contributed by atoms with Crippen LogP contribution >= 0.6 is 0 Å². The summed E-state index contributed by atoms with van der Waals surface area (Å²) < 4.78 is 1.65. The van der Waals surface area contributed by atoms with Crippen LogP contribution in [0.3, 0.4) is 0 Å². The molecule has 108 valence electrons. The summed E-state index contributed by atoms with van der Waals surface area (Å²) in [5.74, 6) is -0.173. The van der Waals surface area contributed by atoms with Gasteiger partial charge in [0.1, 0.15) is 5.56 Å². The second kappa shape index (κ2) is 6.50. The summed E-state index contributed by atoms with van der Waals surface area (Å²) in [5.41, 5.74) is 7.38. The van der Waals surface area contributed by atoms with Crippen molar-refractivity contribution in [2.24, 2.45) is 5.73 Å². The van der Waals surface area contributed by atoms with Crippen LogP contribution in [-0.4, -0.2) is 20.5 Å². The van der Waals surface area contributed by atoms with E-state index < -0.39 is 5.91 Å². The number of carbonyl (C=O) groups is 1. The molecule has 20 heavy (non-hydrogen) atoms. The maximum atomic E-state index is 11.8. The van der Waals surface area contributed by atoms with Crippen LogP contribution in [0.4, 0.5) is 0 Å². The highest BCUT2D eigenvalue weighted by Crippen LogP contribution is 2.29. The lowest BCUT2D eigenvalue weighted by Crippen LogP contribution is -2.15. The van der Waals surface area contributed by atoms with E-state index in [1.54, 1.807) is 23.0 Å². The summed E-state index contributed by atoms with van der Waals surface area (Å²) in [4.78, 5) is 16.0. The molecule has 1 atom stereocenters. The number of amides is 1. The second-order valence-corrected chi connectivity index (χ2v) is 5.11. The van der Waals surface area contributed by atoms with Gasteiger partial charge in [0.25, 0.3) is 5.91 Å². The number of nitrogens with two attached hydrogens (primary N) is 1. The van der Waals surface area contributed by atoms with Gasteiger partial charge < -0.3 is 5.73 Å². The summed E-state index contributed by atoms with van der Waals surface area (Å²) in [6, 6.07) is 1.80. The van der Waals surface area contributed by atoms with Crippen molar-refractivity contribution < 1.29 is 4.79 Å². The van der Waals surface area contributed by atoms with Crippen LogP contribution in [0.25, 0.3) is 5.65 Å². The molecule has 0 aliphatic heterocycles. The third kappa shape index (κ3) is 2.81. The molecule has 0 fully saturated rings. The van der Waals surface area contributed by atoms with Crippen LogP contribution < -0.4 is 5.73 Å². The Morgan fingerprint density at radius 1 is 1.40 bits per heavy atom. The maximum absolute atomic E-state index is 11.8. The Balaban J connectivity index is 2.40. The van der Waals surface area contributed by atoms with Crippen LogP contribution in [0, 0.1) is 0 Å². The Labute approximate surface area is 119 Å². The van der Waals surface area contributed by atoms with Crippen molar-refractivity contribution in [1.82, 2.24) is 14.6 Å². The lowest BCUT2D eigenvalue weighted by molar-refractivity contribution is 0.1000. The Kier molecular flexibility index (Phi) is 4.71. The van der Waals surface area contributed by atoms with Gasteiger partial charge in [-0.15, -0.1) is 0 Å². The molecule has 2 aromatic heterocycles. The lowest BCUT2D eigenvalue weighted by atomic mass is 9.92.